The fourth-order valence-corrected chi connectivity index (χ4v) is 2.55. The summed E-state index contributed by atoms with van der Waals surface area (Å²) >= 11 is 1.53. The van der Waals surface area contributed by atoms with Crippen molar-refractivity contribution in [2.24, 2.45) is 11.5 Å². The lowest BCUT2D eigenvalue weighted by molar-refractivity contribution is -0.147. The summed E-state index contributed by atoms with van der Waals surface area (Å²) in [6.45, 7) is 0.409. The lowest BCUT2D eigenvalue weighted by atomic mass is 10.1. The van der Waals surface area contributed by atoms with Gasteiger partial charge < -0.3 is 32.3 Å². The summed E-state index contributed by atoms with van der Waals surface area (Å²) in [5.74, 6) is -3.43. The molecule has 0 fully saturated rings. The van der Waals surface area contributed by atoms with Crippen LogP contribution in [0.4, 0.5) is 0 Å². The third kappa shape index (κ3) is 10.2. The molecule has 0 heterocycles. The minimum absolute atomic E-state index is 0.240. The standard InChI is InChI=1S/C15H28N4O6S/c1-26-7-5-9(17)13(22)18-10(4-2-3-6-16)14(23)19-11(15(24)25)8-12(20)21/h9-11H,2-8,16-17H2,1H3,(H,18,22)(H,19,23)(H,20,21)(H,24,25)/t9-,10-,11-/m0/s1. The first-order valence-corrected chi connectivity index (χ1v) is 9.62. The number of nitrogens with one attached hydrogen (secondary N) is 2. The molecule has 0 bridgehead atoms. The number of hydrogen-bond acceptors (Lipinski definition) is 7. The Labute approximate surface area is 156 Å². The van der Waals surface area contributed by atoms with Crippen molar-refractivity contribution in [1.29, 1.82) is 0 Å². The van der Waals surface area contributed by atoms with Gasteiger partial charge in [0.1, 0.15) is 12.1 Å². The van der Waals surface area contributed by atoms with E-state index in [4.69, 9.17) is 21.7 Å². The van der Waals surface area contributed by atoms with E-state index in [-0.39, 0.29) is 6.42 Å². The SMILES string of the molecule is CSCC[C@H](N)C(=O)N[C@@H](CCCCN)C(=O)N[C@@H](CC(=O)O)C(=O)O. The van der Waals surface area contributed by atoms with Crippen molar-refractivity contribution < 1.29 is 29.4 Å². The van der Waals surface area contributed by atoms with Gasteiger partial charge in [0.25, 0.3) is 0 Å². The first-order chi connectivity index (χ1) is 12.2. The molecule has 0 aliphatic rings. The number of thioether (sulfide) groups is 1. The van der Waals surface area contributed by atoms with Crippen molar-refractivity contribution in [2.75, 3.05) is 18.6 Å². The van der Waals surface area contributed by atoms with Crippen LogP contribution < -0.4 is 22.1 Å². The molecular formula is C15H28N4O6S. The van der Waals surface area contributed by atoms with Crippen molar-refractivity contribution in [3.8, 4) is 0 Å². The maximum absolute atomic E-state index is 12.3. The van der Waals surface area contributed by atoms with Gasteiger partial charge in [0, 0.05) is 0 Å². The summed E-state index contributed by atoms with van der Waals surface area (Å²) in [6, 6.07) is -3.38. The minimum Gasteiger partial charge on any atom is -0.481 e. The Morgan fingerprint density at radius 1 is 1.00 bits per heavy atom. The van der Waals surface area contributed by atoms with Crippen molar-refractivity contribution in [3.05, 3.63) is 0 Å². The van der Waals surface area contributed by atoms with Crippen molar-refractivity contribution in [3.63, 3.8) is 0 Å². The maximum Gasteiger partial charge on any atom is 0.326 e. The molecule has 8 N–H and O–H groups in total. The second-order valence-corrected chi connectivity index (χ2v) is 6.72. The predicted molar refractivity (Wildman–Crippen MR) is 97.6 cm³/mol. The van der Waals surface area contributed by atoms with Gasteiger partial charge in [-0.25, -0.2) is 4.79 Å². The molecule has 2 amide bonds. The van der Waals surface area contributed by atoms with Crippen LogP contribution in [0.15, 0.2) is 0 Å². The monoisotopic (exact) mass is 392 g/mol. The summed E-state index contributed by atoms with van der Waals surface area (Å²) in [5.41, 5.74) is 11.2. The highest BCUT2D eigenvalue weighted by molar-refractivity contribution is 7.98. The molecule has 0 spiro atoms. The van der Waals surface area contributed by atoms with E-state index in [0.717, 1.165) is 0 Å². The van der Waals surface area contributed by atoms with Crippen molar-refractivity contribution in [1.82, 2.24) is 10.6 Å². The predicted octanol–water partition coefficient (Wildman–Crippen LogP) is -1.28. The van der Waals surface area contributed by atoms with Crippen molar-refractivity contribution >= 4 is 35.5 Å². The number of nitrogens with two attached hydrogens (primary N) is 2. The Morgan fingerprint density at radius 3 is 2.12 bits per heavy atom. The van der Waals surface area contributed by atoms with Crippen LogP contribution in [-0.2, 0) is 19.2 Å². The Balaban J connectivity index is 4.96. The lowest BCUT2D eigenvalue weighted by Gasteiger charge is -2.22. The number of aliphatic carboxylic acids is 2. The van der Waals surface area contributed by atoms with Gasteiger partial charge in [0.15, 0.2) is 0 Å². The van der Waals surface area contributed by atoms with Crippen LogP contribution in [0.5, 0.6) is 0 Å². The molecule has 0 aromatic rings. The zero-order valence-electron chi connectivity index (χ0n) is 14.8. The number of carbonyl (C=O) groups excluding carboxylic acids is 2. The molecule has 0 saturated carbocycles. The Morgan fingerprint density at radius 2 is 1.62 bits per heavy atom. The number of carbonyl (C=O) groups is 4. The third-order valence-electron chi connectivity index (χ3n) is 3.54. The number of hydrogen-bond donors (Lipinski definition) is 6. The normalized spacial score (nSPS) is 14.1. The Hall–Kier alpha value is -1.85. The molecule has 26 heavy (non-hydrogen) atoms. The van der Waals surface area contributed by atoms with Crippen LogP contribution in [0.25, 0.3) is 0 Å². The van der Waals surface area contributed by atoms with Gasteiger partial charge in [-0.05, 0) is 44.2 Å². The molecule has 0 unspecified atom stereocenters. The first-order valence-electron chi connectivity index (χ1n) is 8.22. The summed E-state index contributed by atoms with van der Waals surface area (Å²) in [4.78, 5) is 46.3. The number of carboxylic acid groups (broad SMARTS) is 2. The summed E-state index contributed by atoms with van der Waals surface area (Å²) in [6.07, 6.45) is 2.94. The smallest absolute Gasteiger partial charge is 0.326 e. The molecule has 10 nitrogen and oxygen atoms in total. The molecule has 11 heteroatoms. The van der Waals surface area contributed by atoms with Gasteiger partial charge in [0.2, 0.25) is 11.8 Å². The highest BCUT2D eigenvalue weighted by atomic mass is 32.2. The van der Waals surface area contributed by atoms with E-state index in [1.54, 1.807) is 0 Å². The zero-order chi connectivity index (χ0) is 20.1. The van der Waals surface area contributed by atoms with E-state index in [9.17, 15) is 19.2 Å². The van der Waals surface area contributed by atoms with E-state index in [1.165, 1.54) is 11.8 Å². The van der Waals surface area contributed by atoms with Gasteiger partial charge in [-0.3, -0.25) is 14.4 Å². The van der Waals surface area contributed by atoms with Crippen LogP contribution in [0, 0.1) is 0 Å². The zero-order valence-corrected chi connectivity index (χ0v) is 15.6. The van der Waals surface area contributed by atoms with E-state index >= 15 is 0 Å². The topological polar surface area (TPSA) is 185 Å². The molecule has 0 aliphatic heterocycles. The second-order valence-electron chi connectivity index (χ2n) is 5.73. The Kier molecular flexibility index (Phi) is 12.4. The molecule has 0 aromatic carbocycles. The number of carboxylic acids is 2. The molecule has 3 atom stereocenters. The minimum atomic E-state index is -1.58. The van der Waals surface area contributed by atoms with E-state index < -0.39 is 48.3 Å². The average Bonchev–Trinajstić information content (AvgIpc) is 2.57. The van der Waals surface area contributed by atoms with E-state index in [1.807, 2.05) is 6.26 Å². The van der Waals surface area contributed by atoms with Gasteiger partial charge >= 0.3 is 11.9 Å². The highest BCUT2D eigenvalue weighted by Gasteiger charge is 2.28. The largest absolute Gasteiger partial charge is 0.481 e. The third-order valence-corrected chi connectivity index (χ3v) is 4.19. The summed E-state index contributed by atoms with van der Waals surface area (Å²) in [7, 11) is 0. The lowest BCUT2D eigenvalue weighted by Crippen LogP contribution is -2.54. The van der Waals surface area contributed by atoms with Crippen LogP contribution in [0.2, 0.25) is 0 Å². The van der Waals surface area contributed by atoms with Crippen LogP contribution >= 0.6 is 11.8 Å². The molecule has 0 aliphatic carbocycles. The Bertz CT molecular complexity index is 491. The number of unbranched alkanes of at least 4 members (excludes halogenated alkanes) is 1. The molecule has 0 rings (SSSR count). The molecule has 0 radical (unpaired) electrons. The van der Waals surface area contributed by atoms with E-state index in [2.05, 4.69) is 10.6 Å². The second kappa shape index (κ2) is 13.4. The summed E-state index contributed by atoms with van der Waals surface area (Å²) in [5, 5.41) is 22.4. The van der Waals surface area contributed by atoms with Gasteiger partial charge in [-0.2, -0.15) is 11.8 Å². The van der Waals surface area contributed by atoms with Crippen LogP contribution in [0.3, 0.4) is 0 Å². The van der Waals surface area contributed by atoms with Gasteiger partial charge in [0.05, 0.1) is 12.5 Å². The van der Waals surface area contributed by atoms with Crippen LogP contribution in [0.1, 0.15) is 32.1 Å². The molecule has 0 saturated heterocycles. The van der Waals surface area contributed by atoms with Crippen molar-refractivity contribution in [2.45, 2.75) is 50.2 Å². The maximum atomic E-state index is 12.3. The molecule has 0 aromatic heterocycles. The van der Waals surface area contributed by atoms with Gasteiger partial charge in [-0.1, -0.05) is 0 Å². The fraction of sp³-hybridized carbons (Fsp3) is 0.733. The van der Waals surface area contributed by atoms with Crippen LogP contribution in [-0.4, -0.2) is 70.6 Å². The fourth-order valence-electron chi connectivity index (χ4n) is 2.06. The van der Waals surface area contributed by atoms with E-state index in [0.29, 0.717) is 31.6 Å². The number of amides is 2. The average molecular weight is 392 g/mol. The van der Waals surface area contributed by atoms with Gasteiger partial charge in [-0.15, -0.1) is 0 Å². The molecular weight excluding hydrogens is 364 g/mol. The number of rotatable bonds is 14. The molecule has 150 valence electrons. The summed E-state index contributed by atoms with van der Waals surface area (Å²) < 4.78 is 0. The quantitative estimate of drug-likeness (QED) is 0.196. The highest BCUT2D eigenvalue weighted by Crippen LogP contribution is 2.05. The first kappa shape index (κ1) is 24.1.